The Kier molecular flexibility index (Phi) is 3.55. The van der Waals surface area contributed by atoms with Crippen molar-refractivity contribution in [1.82, 2.24) is 5.32 Å². The van der Waals surface area contributed by atoms with E-state index in [1.165, 1.54) is 43.2 Å². The molecule has 0 radical (unpaired) electrons. The molecule has 3 rings (SSSR count). The first-order valence-corrected chi connectivity index (χ1v) is 7.36. The Morgan fingerprint density at radius 1 is 1.28 bits per heavy atom. The molecule has 0 amide bonds. The van der Waals surface area contributed by atoms with Crippen molar-refractivity contribution in [3.63, 3.8) is 0 Å². The van der Waals surface area contributed by atoms with Crippen LogP contribution >= 0.6 is 0 Å². The summed E-state index contributed by atoms with van der Waals surface area (Å²) in [6.07, 6.45) is 6.48. The maximum Gasteiger partial charge on any atom is 0.119 e. The summed E-state index contributed by atoms with van der Waals surface area (Å²) in [5, 5.41) is 3.55. The van der Waals surface area contributed by atoms with Gasteiger partial charge in [-0.2, -0.15) is 0 Å². The van der Waals surface area contributed by atoms with E-state index in [1.807, 2.05) is 0 Å². The minimum Gasteiger partial charge on any atom is -0.494 e. The molecule has 2 aliphatic carbocycles. The predicted molar refractivity (Wildman–Crippen MR) is 74.0 cm³/mol. The van der Waals surface area contributed by atoms with Gasteiger partial charge in [0.1, 0.15) is 5.75 Å². The first-order chi connectivity index (χ1) is 8.86. The Labute approximate surface area is 110 Å². The van der Waals surface area contributed by atoms with Crippen LogP contribution in [0.25, 0.3) is 0 Å². The average molecular weight is 245 g/mol. The highest BCUT2D eigenvalue weighted by Crippen LogP contribution is 2.34. The van der Waals surface area contributed by atoms with Gasteiger partial charge in [0, 0.05) is 6.04 Å². The molecule has 2 heteroatoms. The first-order valence-electron chi connectivity index (χ1n) is 7.36. The monoisotopic (exact) mass is 245 g/mol. The van der Waals surface area contributed by atoms with Crippen LogP contribution < -0.4 is 10.1 Å². The van der Waals surface area contributed by atoms with E-state index < -0.39 is 0 Å². The maximum absolute atomic E-state index is 5.86. The summed E-state index contributed by atoms with van der Waals surface area (Å²) in [6, 6.07) is 7.20. The number of rotatable bonds is 6. The van der Waals surface area contributed by atoms with Crippen LogP contribution in [0, 0.1) is 5.92 Å². The van der Waals surface area contributed by atoms with Crippen molar-refractivity contribution in [2.75, 3.05) is 13.2 Å². The van der Waals surface area contributed by atoms with Crippen molar-refractivity contribution in [3.05, 3.63) is 29.3 Å². The molecular weight excluding hydrogens is 222 g/mol. The van der Waals surface area contributed by atoms with E-state index in [-0.39, 0.29) is 0 Å². The van der Waals surface area contributed by atoms with Gasteiger partial charge >= 0.3 is 0 Å². The summed E-state index contributed by atoms with van der Waals surface area (Å²) in [6.45, 7) is 4.11. The molecule has 1 aromatic rings. The highest BCUT2D eigenvalue weighted by atomic mass is 16.5. The molecule has 1 fully saturated rings. The Hall–Kier alpha value is -1.02. The van der Waals surface area contributed by atoms with E-state index in [4.69, 9.17) is 4.74 Å². The van der Waals surface area contributed by atoms with E-state index in [1.54, 1.807) is 0 Å². The minimum atomic E-state index is 0.561. The van der Waals surface area contributed by atoms with Gasteiger partial charge in [-0.25, -0.2) is 0 Å². The van der Waals surface area contributed by atoms with Gasteiger partial charge in [0.15, 0.2) is 0 Å². The van der Waals surface area contributed by atoms with Crippen molar-refractivity contribution >= 4 is 0 Å². The third-order valence-corrected chi connectivity index (χ3v) is 4.13. The van der Waals surface area contributed by atoms with Crippen molar-refractivity contribution in [1.29, 1.82) is 0 Å². The van der Waals surface area contributed by atoms with E-state index in [0.29, 0.717) is 6.04 Å². The molecule has 1 aromatic carbocycles. The summed E-state index contributed by atoms with van der Waals surface area (Å²) in [5.74, 6) is 2.02. The van der Waals surface area contributed by atoms with Gasteiger partial charge in [0.2, 0.25) is 0 Å². The fourth-order valence-electron chi connectivity index (χ4n) is 2.89. The Bertz CT molecular complexity index is 412. The molecule has 0 bridgehead atoms. The summed E-state index contributed by atoms with van der Waals surface area (Å²) in [5.41, 5.74) is 2.95. The fourth-order valence-corrected chi connectivity index (χ4v) is 2.89. The summed E-state index contributed by atoms with van der Waals surface area (Å²) in [7, 11) is 0. The molecule has 0 aliphatic heterocycles. The molecule has 1 N–H and O–H groups in total. The molecule has 0 aromatic heterocycles. The van der Waals surface area contributed by atoms with Crippen molar-refractivity contribution < 1.29 is 4.74 Å². The van der Waals surface area contributed by atoms with Crippen LogP contribution in [0.15, 0.2) is 18.2 Å². The van der Waals surface area contributed by atoms with Crippen molar-refractivity contribution in [3.8, 4) is 5.75 Å². The average Bonchev–Trinajstić information content (AvgIpc) is 3.12. The second-order valence-electron chi connectivity index (χ2n) is 5.59. The second-order valence-corrected chi connectivity index (χ2v) is 5.59. The zero-order valence-corrected chi connectivity index (χ0v) is 11.2. The topological polar surface area (TPSA) is 21.3 Å². The Balaban J connectivity index is 1.60. The molecule has 98 valence electrons. The molecule has 2 nitrogen and oxygen atoms in total. The summed E-state index contributed by atoms with van der Waals surface area (Å²) >= 11 is 0. The zero-order chi connectivity index (χ0) is 12.4. The molecular formula is C16H23NO. The highest BCUT2D eigenvalue weighted by Gasteiger charge is 2.22. The van der Waals surface area contributed by atoms with Crippen LogP contribution in [0.5, 0.6) is 5.75 Å². The minimum absolute atomic E-state index is 0.561. The van der Waals surface area contributed by atoms with E-state index in [9.17, 15) is 0 Å². The third-order valence-electron chi connectivity index (χ3n) is 4.13. The summed E-state index contributed by atoms with van der Waals surface area (Å²) in [4.78, 5) is 0. The SMILES string of the molecule is CCNC1CCc2cc(OCCC3CC3)ccc21. The van der Waals surface area contributed by atoms with Gasteiger partial charge < -0.3 is 10.1 Å². The molecule has 1 saturated carbocycles. The zero-order valence-electron chi connectivity index (χ0n) is 11.2. The second kappa shape index (κ2) is 5.31. The molecule has 0 saturated heterocycles. The van der Waals surface area contributed by atoms with Crippen LogP contribution in [0.1, 0.15) is 49.8 Å². The maximum atomic E-state index is 5.86. The molecule has 1 unspecified atom stereocenters. The van der Waals surface area contributed by atoms with Crippen LogP contribution in [-0.2, 0) is 6.42 Å². The van der Waals surface area contributed by atoms with Gasteiger partial charge in [0.05, 0.1) is 6.61 Å². The van der Waals surface area contributed by atoms with Gasteiger partial charge in [0.25, 0.3) is 0 Å². The summed E-state index contributed by atoms with van der Waals surface area (Å²) < 4.78 is 5.86. The van der Waals surface area contributed by atoms with E-state index in [0.717, 1.165) is 24.8 Å². The number of nitrogens with one attached hydrogen (secondary N) is 1. The lowest BCUT2D eigenvalue weighted by atomic mass is 10.1. The largest absolute Gasteiger partial charge is 0.494 e. The van der Waals surface area contributed by atoms with E-state index >= 15 is 0 Å². The van der Waals surface area contributed by atoms with Gasteiger partial charge in [-0.1, -0.05) is 25.8 Å². The number of hydrogen-bond acceptors (Lipinski definition) is 2. The molecule has 18 heavy (non-hydrogen) atoms. The van der Waals surface area contributed by atoms with Gasteiger partial charge in [-0.05, 0) is 55.0 Å². The van der Waals surface area contributed by atoms with Crippen molar-refractivity contribution in [2.45, 2.75) is 45.1 Å². The third kappa shape index (κ3) is 2.69. The smallest absolute Gasteiger partial charge is 0.119 e. The lowest BCUT2D eigenvalue weighted by Gasteiger charge is -2.13. The van der Waals surface area contributed by atoms with Crippen LogP contribution in [0.2, 0.25) is 0 Å². The van der Waals surface area contributed by atoms with Gasteiger partial charge in [-0.3, -0.25) is 0 Å². The quantitative estimate of drug-likeness (QED) is 0.828. The molecule has 2 aliphatic rings. The number of benzene rings is 1. The molecule has 0 spiro atoms. The van der Waals surface area contributed by atoms with Crippen LogP contribution in [-0.4, -0.2) is 13.2 Å². The number of fused-ring (bicyclic) bond motifs is 1. The van der Waals surface area contributed by atoms with Crippen LogP contribution in [0.3, 0.4) is 0 Å². The number of aryl methyl sites for hydroxylation is 1. The highest BCUT2D eigenvalue weighted by molar-refractivity contribution is 5.40. The van der Waals surface area contributed by atoms with Crippen molar-refractivity contribution in [2.24, 2.45) is 5.92 Å². The number of ether oxygens (including phenoxy) is 1. The standard InChI is InChI=1S/C16H23NO/c1-2-17-16-8-5-13-11-14(6-7-15(13)16)18-10-9-12-3-4-12/h6-7,11-12,16-17H,2-5,8-10H2,1H3. The number of hydrogen-bond donors (Lipinski definition) is 1. The van der Waals surface area contributed by atoms with E-state index in [2.05, 4.69) is 30.4 Å². The normalized spacial score (nSPS) is 21.9. The molecule has 1 atom stereocenters. The Morgan fingerprint density at radius 3 is 2.94 bits per heavy atom. The lowest BCUT2D eigenvalue weighted by molar-refractivity contribution is 0.302. The molecule has 0 heterocycles. The first kappa shape index (κ1) is 12.0. The predicted octanol–water partition coefficient (Wildman–Crippen LogP) is 3.46. The van der Waals surface area contributed by atoms with Crippen LogP contribution in [0.4, 0.5) is 0 Å². The van der Waals surface area contributed by atoms with Gasteiger partial charge in [-0.15, -0.1) is 0 Å². The lowest BCUT2D eigenvalue weighted by Crippen LogP contribution is -2.18. The Morgan fingerprint density at radius 2 is 2.17 bits per heavy atom. The fraction of sp³-hybridized carbons (Fsp3) is 0.625.